The molecule has 4 aromatic carbocycles. The van der Waals surface area contributed by atoms with Gasteiger partial charge in [-0.1, -0.05) is 102 Å². The summed E-state index contributed by atoms with van der Waals surface area (Å²) < 4.78 is 2.75. The molecule has 0 aliphatic carbocycles. The maximum absolute atomic E-state index is 13.3. The lowest BCUT2D eigenvalue weighted by Crippen LogP contribution is -2.27. The number of para-hydroxylation sites is 1. The molecule has 2 heterocycles. The van der Waals surface area contributed by atoms with E-state index in [1.807, 2.05) is 30.3 Å². The van der Waals surface area contributed by atoms with Crippen LogP contribution in [0.15, 0.2) is 102 Å². The Hall–Kier alpha value is -3.38. The second-order valence-electron chi connectivity index (χ2n) is 8.36. The minimum Gasteiger partial charge on any atom is -0.342 e. The monoisotopic (exact) mass is 510 g/mol. The van der Waals surface area contributed by atoms with Crippen LogP contribution in [0.3, 0.4) is 0 Å². The van der Waals surface area contributed by atoms with Gasteiger partial charge in [-0.05, 0) is 46.7 Å². The molecule has 0 N–H and O–H groups in total. The number of fused-ring (bicyclic) bond motifs is 2. The number of hydrogen-bond acceptors (Lipinski definition) is 3. The molecule has 1 aromatic heterocycles. The van der Waals surface area contributed by atoms with Crippen molar-refractivity contribution in [3.8, 4) is 0 Å². The highest BCUT2D eigenvalue weighted by molar-refractivity contribution is 8.27. The molecular weight excluding hydrogens is 492 g/mol. The van der Waals surface area contributed by atoms with Crippen molar-refractivity contribution in [3.05, 3.63) is 118 Å². The third-order valence-electron chi connectivity index (χ3n) is 6.19. The first-order valence-electron chi connectivity index (χ1n) is 11.2. The quantitative estimate of drug-likeness (QED) is 0.181. The van der Waals surface area contributed by atoms with Crippen LogP contribution in [0, 0.1) is 0 Å². The van der Waals surface area contributed by atoms with E-state index >= 15 is 0 Å². The zero-order valence-corrected chi connectivity index (χ0v) is 20.9. The minimum absolute atomic E-state index is 0.131. The van der Waals surface area contributed by atoms with Crippen molar-refractivity contribution in [3.63, 3.8) is 0 Å². The third-order valence-corrected chi connectivity index (χ3v) is 7.72. The van der Waals surface area contributed by atoms with Crippen LogP contribution in [0.5, 0.6) is 0 Å². The second kappa shape index (κ2) is 9.00. The number of carbonyl (C=O) groups excluding carboxylic acids is 1. The van der Waals surface area contributed by atoms with Crippen molar-refractivity contribution in [1.29, 1.82) is 0 Å². The maximum Gasteiger partial charge on any atom is 0.270 e. The van der Waals surface area contributed by atoms with Crippen molar-refractivity contribution < 1.29 is 4.79 Å². The molecule has 0 unspecified atom stereocenters. The highest BCUT2D eigenvalue weighted by Crippen LogP contribution is 2.38. The number of aromatic nitrogens is 1. The van der Waals surface area contributed by atoms with Gasteiger partial charge in [-0.15, -0.1) is 0 Å². The van der Waals surface area contributed by atoms with E-state index in [1.165, 1.54) is 28.1 Å². The number of nitrogens with zero attached hydrogens (tertiary/aromatic N) is 2. The summed E-state index contributed by atoms with van der Waals surface area (Å²) in [6.07, 6.45) is 4.07. The molecule has 170 valence electrons. The van der Waals surface area contributed by atoms with Crippen molar-refractivity contribution >= 4 is 79.2 Å². The summed E-state index contributed by atoms with van der Waals surface area (Å²) in [7, 11) is 0. The number of thiocarbonyl (C=S) groups is 1. The highest BCUT2D eigenvalue weighted by Gasteiger charge is 2.33. The Morgan fingerprint density at radius 3 is 2.49 bits per heavy atom. The summed E-state index contributed by atoms with van der Waals surface area (Å²) in [5, 5.41) is 4.14. The lowest BCUT2D eigenvalue weighted by Gasteiger charge is -2.14. The van der Waals surface area contributed by atoms with E-state index in [2.05, 4.69) is 65.4 Å². The van der Waals surface area contributed by atoms with Crippen LogP contribution in [-0.2, 0) is 11.3 Å². The Bertz CT molecular complexity index is 1670. The molecule has 1 saturated heterocycles. The van der Waals surface area contributed by atoms with Gasteiger partial charge in [0, 0.05) is 34.2 Å². The van der Waals surface area contributed by atoms with E-state index in [4.69, 9.17) is 23.8 Å². The smallest absolute Gasteiger partial charge is 0.270 e. The average molecular weight is 511 g/mol. The fourth-order valence-corrected chi connectivity index (χ4v) is 6.06. The van der Waals surface area contributed by atoms with Crippen LogP contribution >= 0.6 is 35.6 Å². The van der Waals surface area contributed by atoms with Crippen molar-refractivity contribution in [1.82, 2.24) is 4.57 Å². The van der Waals surface area contributed by atoms with E-state index in [1.54, 1.807) is 17.0 Å². The van der Waals surface area contributed by atoms with Gasteiger partial charge in [0.2, 0.25) is 0 Å². The zero-order valence-electron chi connectivity index (χ0n) is 18.5. The van der Waals surface area contributed by atoms with Gasteiger partial charge in [0.05, 0.1) is 10.6 Å². The van der Waals surface area contributed by atoms with Gasteiger partial charge in [0.1, 0.15) is 0 Å². The maximum atomic E-state index is 13.3. The Kier molecular flexibility index (Phi) is 5.69. The van der Waals surface area contributed by atoms with Gasteiger partial charge < -0.3 is 4.57 Å². The van der Waals surface area contributed by atoms with Crippen LogP contribution in [0.4, 0.5) is 5.69 Å². The average Bonchev–Trinajstić information content (AvgIpc) is 3.35. The molecular formula is C29H19ClN2OS2. The van der Waals surface area contributed by atoms with E-state index in [-0.39, 0.29) is 5.91 Å². The fraction of sp³-hybridized carbons (Fsp3) is 0.0345. The second-order valence-corrected chi connectivity index (χ2v) is 10.5. The molecule has 6 heteroatoms. The SMILES string of the molecule is O=C1/C(=C\c2cn(Cc3cccc4ccccc34)c3ccccc23)SC(=S)N1c1cccc(Cl)c1. The summed E-state index contributed by atoms with van der Waals surface area (Å²) in [6, 6.07) is 30.3. The van der Waals surface area contributed by atoms with E-state index < -0.39 is 0 Å². The number of benzene rings is 4. The highest BCUT2D eigenvalue weighted by atomic mass is 35.5. The Labute approximate surface area is 217 Å². The van der Waals surface area contributed by atoms with E-state index in [0.29, 0.717) is 19.9 Å². The first-order chi connectivity index (χ1) is 17.1. The number of thioether (sulfide) groups is 1. The molecule has 0 saturated carbocycles. The zero-order chi connectivity index (χ0) is 23.9. The summed E-state index contributed by atoms with van der Waals surface area (Å²) in [5.41, 5.74) is 4.05. The molecule has 5 aromatic rings. The number of rotatable bonds is 4. The largest absolute Gasteiger partial charge is 0.342 e. The van der Waals surface area contributed by atoms with Crippen molar-refractivity contribution in [2.75, 3.05) is 4.90 Å². The summed E-state index contributed by atoms with van der Waals surface area (Å²) in [4.78, 5) is 15.5. The standard InChI is InChI=1S/C29H19ClN2OS2/c30-22-10-6-11-23(16-22)32-28(33)27(35-29(32)34)15-21-18-31(26-14-4-3-13-25(21)26)17-20-9-5-8-19-7-1-2-12-24(19)20/h1-16,18H,17H2/b27-15+. The molecule has 1 amide bonds. The number of hydrogen-bond donors (Lipinski definition) is 0. The number of halogens is 1. The number of carbonyl (C=O) groups is 1. The molecule has 6 rings (SSSR count). The Morgan fingerprint density at radius 2 is 1.63 bits per heavy atom. The lowest BCUT2D eigenvalue weighted by molar-refractivity contribution is -0.113. The molecule has 1 aliphatic rings. The first-order valence-corrected chi connectivity index (χ1v) is 12.8. The third kappa shape index (κ3) is 4.06. The van der Waals surface area contributed by atoms with Gasteiger partial charge in [0.15, 0.2) is 4.32 Å². The molecule has 3 nitrogen and oxygen atoms in total. The van der Waals surface area contributed by atoms with Crippen molar-refractivity contribution in [2.45, 2.75) is 6.54 Å². The fourth-order valence-electron chi connectivity index (χ4n) is 4.58. The van der Waals surface area contributed by atoms with E-state index in [0.717, 1.165) is 23.0 Å². The first kappa shape index (κ1) is 22.1. The molecule has 0 atom stereocenters. The summed E-state index contributed by atoms with van der Waals surface area (Å²) >= 11 is 13.0. The normalized spacial score (nSPS) is 15.1. The van der Waals surface area contributed by atoms with Crippen LogP contribution < -0.4 is 4.90 Å². The number of anilines is 1. The Balaban J connectivity index is 1.40. The van der Waals surface area contributed by atoms with Gasteiger partial charge in [0.25, 0.3) is 5.91 Å². The molecule has 0 bridgehead atoms. The van der Waals surface area contributed by atoms with Crippen LogP contribution in [0.25, 0.3) is 27.8 Å². The van der Waals surface area contributed by atoms with Gasteiger partial charge in [-0.2, -0.15) is 0 Å². The number of amides is 1. The lowest BCUT2D eigenvalue weighted by atomic mass is 10.0. The van der Waals surface area contributed by atoms with Gasteiger partial charge in [-0.25, -0.2) is 0 Å². The van der Waals surface area contributed by atoms with Gasteiger partial charge in [-0.3, -0.25) is 9.69 Å². The van der Waals surface area contributed by atoms with Gasteiger partial charge >= 0.3 is 0 Å². The topological polar surface area (TPSA) is 25.2 Å². The van der Waals surface area contributed by atoms with Crippen LogP contribution in [-0.4, -0.2) is 14.8 Å². The summed E-state index contributed by atoms with van der Waals surface area (Å²) in [5.74, 6) is -0.131. The molecule has 0 spiro atoms. The molecule has 35 heavy (non-hydrogen) atoms. The molecule has 1 fully saturated rings. The minimum atomic E-state index is -0.131. The summed E-state index contributed by atoms with van der Waals surface area (Å²) in [6.45, 7) is 0.735. The Morgan fingerprint density at radius 1 is 0.886 bits per heavy atom. The van der Waals surface area contributed by atoms with E-state index in [9.17, 15) is 4.79 Å². The van der Waals surface area contributed by atoms with Crippen molar-refractivity contribution in [2.24, 2.45) is 0 Å². The molecule has 1 aliphatic heterocycles. The van der Waals surface area contributed by atoms with Crippen LogP contribution in [0.1, 0.15) is 11.1 Å². The predicted molar refractivity (Wildman–Crippen MR) is 152 cm³/mol. The predicted octanol–water partition coefficient (Wildman–Crippen LogP) is 7.90. The molecule has 0 radical (unpaired) electrons. The van der Waals surface area contributed by atoms with Crippen LogP contribution in [0.2, 0.25) is 5.02 Å².